The average molecular weight is 319 g/mol. The standard InChI is InChI=1S/C16H28Cl2N2/c17-15(11-7-3-1-4-8-12-15)19-20-16(18)13-9-5-2-6-10-14-16/h1-14H2/b20-19+. The number of nitrogens with zero attached hydrogens (tertiary/aromatic N) is 2. The zero-order valence-corrected chi connectivity index (χ0v) is 14.1. The van der Waals surface area contributed by atoms with Crippen LogP contribution in [-0.4, -0.2) is 10.00 Å². The lowest BCUT2D eigenvalue weighted by molar-refractivity contribution is 0.363. The fourth-order valence-corrected chi connectivity index (χ4v) is 3.88. The van der Waals surface area contributed by atoms with Gasteiger partial charge in [-0.15, -0.1) is 0 Å². The highest BCUT2D eigenvalue weighted by molar-refractivity contribution is 6.24. The van der Waals surface area contributed by atoms with Gasteiger partial charge in [-0.25, -0.2) is 0 Å². The van der Waals surface area contributed by atoms with E-state index >= 15 is 0 Å². The Kier molecular flexibility index (Phi) is 6.61. The molecular weight excluding hydrogens is 291 g/mol. The van der Waals surface area contributed by atoms with E-state index in [0.717, 1.165) is 51.4 Å². The van der Waals surface area contributed by atoms with E-state index in [-0.39, 0.29) is 0 Å². The molecule has 4 heteroatoms. The number of hydrogen-bond donors (Lipinski definition) is 0. The van der Waals surface area contributed by atoms with Crippen molar-refractivity contribution in [1.29, 1.82) is 0 Å². The summed E-state index contributed by atoms with van der Waals surface area (Å²) in [5, 5.41) is 9.09. The van der Waals surface area contributed by atoms with Gasteiger partial charge in [0.15, 0.2) is 10.00 Å². The Morgan fingerprint density at radius 3 is 1.00 bits per heavy atom. The minimum Gasteiger partial charge on any atom is -0.169 e. The Balaban J connectivity index is 1.96. The van der Waals surface area contributed by atoms with Gasteiger partial charge in [0.25, 0.3) is 0 Å². The molecule has 0 atom stereocenters. The molecule has 0 heterocycles. The van der Waals surface area contributed by atoms with Crippen molar-refractivity contribution >= 4 is 23.2 Å². The second kappa shape index (κ2) is 7.98. The Labute approximate surface area is 133 Å². The van der Waals surface area contributed by atoms with E-state index in [1.165, 1.54) is 38.5 Å². The van der Waals surface area contributed by atoms with Crippen LogP contribution in [0.2, 0.25) is 0 Å². The Morgan fingerprint density at radius 2 is 0.700 bits per heavy atom. The van der Waals surface area contributed by atoms with E-state index in [4.69, 9.17) is 23.2 Å². The number of hydrogen-bond acceptors (Lipinski definition) is 2. The molecule has 2 aliphatic carbocycles. The molecule has 0 aliphatic heterocycles. The molecular formula is C16H28Cl2N2. The average Bonchev–Trinajstić information content (AvgIpc) is 2.38. The second-order valence-electron chi connectivity index (χ2n) is 6.57. The number of azo groups is 1. The van der Waals surface area contributed by atoms with Crippen molar-refractivity contribution in [1.82, 2.24) is 0 Å². The number of rotatable bonds is 2. The van der Waals surface area contributed by atoms with Crippen LogP contribution in [0.15, 0.2) is 10.2 Å². The summed E-state index contributed by atoms with van der Waals surface area (Å²) in [5.74, 6) is 0. The molecule has 0 spiro atoms. The van der Waals surface area contributed by atoms with Gasteiger partial charge in [-0.3, -0.25) is 0 Å². The van der Waals surface area contributed by atoms with E-state index in [0.29, 0.717) is 0 Å². The third-order valence-corrected chi connectivity index (χ3v) is 5.55. The molecule has 2 rings (SSSR count). The largest absolute Gasteiger partial charge is 0.169 e. The summed E-state index contributed by atoms with van der Waals surface area (Å²) < 4.78 is 0. The summed E-state index contributed by atoms with van der Waals surface area (Å²) in [5.41, 5.74) is 0. The second-order valence-corrected chi connectivity index (χ2v) is 7.98. The van der Waals surface area contributed by atoms with Gasteiger partial charge in [0.05, 0.1) is 0 Å². The molecule has 2 fully saturated rings. The van der Waals surface area contributed by atoms with Crippen molar-refractivity contribution in [2.75, 3.05) is 0 Å². The fourth-order valence-electron chi connectivity index (χ4n) is 3.27. The first-order valence-electron chi connectivity index (χ1n) is 8.44. The monoisotopic (exact) mass is 318 g/mol. The first-order valence-corrected chi connectivity index (χ1v) is 9.20. The van der Waals surface area contributed by atoms with E-state index in [2.05, 4.69) is 10.2 Å². The van der Waals surface area contributed by atoms with E-state index in [1.54, 1.807) is 0 Å². The predicted octanol–water partition coefficient (Wildman–Crippen LogP) is 6.80. The van der Waals surface area contributed by atoms with Gasteiger partial charge in [0.1, 0.15) is 0 Å². The smallest absolute Gasteiger partial charge is 0.154 e. The summed E-state index contributed by atoms with van der Waals surface area (Å²) in [6, 6.07) is 0. The summed E-state index contributed by atoms with van der Waals surface area (Å²) in [4.78, 5) is -0.963. The molecule has 2 saturated carbocycles. The van der Waals surface area contributed by atoms with Crippen molar-refractivity contribution in [2.24, 2.45) is 10.2 Å². The third-order valence-electron chi connectivity index (χ3n) is 4.65. The highest BCUT2D eigenvalue weighted by atomic mass is 35.5. The Morgan fingerprint density at radius 1 is 0.450 bits per heavy atom. The third kappa shape index (κ3) is 5.52. The molecule has 0 saturated heterocycles. The van der Waals surface area contributed by atoms with Gasteiger partial charge >= 0.3 is 0 Å². The molecule has 0 bridgehead atoms. The minimum absolute atomic E-state index is 0.481. The molecule has 0 unspecified atom stereocenters. The molecule has 0 radical (unpaired) electrons. The maximum atomic E-state index is 6.69. The van der Waals surface area contributed by atoms with E-state index in [1.807, 2.05) is 0 Å². The van der Waals surface area contributed by atoms with Gasteiger partial charge in [-0.1, -0.05) is 61.7 Å². The van der Waals surface area contributed by atoms with Crippen molar-refractivity contribution in [2.45, 2.75) is 99.9 Å². The van der Waals surface area contributed by atoms with Gasteiger partial charge in [-0.05, 0) is 51.4 Å². The lowest BCUT2D eigenvalue weighted by Gasteiger charge is -2.28. The quantitative estimate of drug-likeness (QED) is 0.304. The summed E-state index contributed by atoms with van der Waals surface area (Å²) in [7, 11) is 0. The molecule has 0 aromatic carbocycles. The van der Waals surface area contributed by atoms with Gasteiger partial charge < -0.3 is 0 Å². The van der Waals surface area contributed by atoms with Crippen LogP contribution in [0.5, 0.6) is 0 Å². The van der Waals surface area contributed by atoms with E-state index in [9.17, 15) is 0 Å². The molecule has 116 valence electrons. The van der Waals surface area contributed by atoms with E-state index < -0.39 is 10.00 Å². The zero-order chi connectivity index (χ0) is 14.3. The Hall–Kier alpha value is 0.180. The molecule has 20 heavy (non-hydrogen) atoms. The lowest BCUT2D eigenvalue weighted by atomic mass is 9.96. The summed E-state index contributed by atoms with van der Waals surface area (Å²) in [6.45, 7) is 0. The molecule has 2 aliphatic rings. The first-order chi connectivity index (χ1) is 9.62. The van der Waals surface area contributed by atoms with Crippen LogP contribution < -0.4 is 0 Å². The highest BCUT2D eigenvalue weighted by Gasteiger charge is 2.31. The lowest BCUT2D eigenvalue weighted by Crippen LogP contribution is -2.24. The number of alkyl halides is 2. The van der Waals surface area contributed by atoms with Crippen molar-refractivity contribution in [3.8, 4) is 0 Å². The van der Waals surface area contributed by atoms with Crippen LogP contribution in [0.1, 0.15) is 89.9 Å². The molecule has 0 N–H and O–H groups in total. The van der Waals surface area contributed by atoms with Crippen LogP contribution in [0.4, 0.5) is 0 Å². The van der Waals surface area contributed by atoms with Crippen LogP contribution in [0.3, 0.4) is 0 Å². The number of halogens is 2. The highest BCUT2D eigenvalue weighted by Crippen LogP contribution is 2.38. The Bertz CT molecular complexity index is 272. The molecule has 0 aromatic heterocycles. The van der Waals surface area contributed by atoms with Crippen molar-refractivity contribution in [3.05, 3.63) is 0 Å². The maximum Gasteiger partial charge on any atom is 0.154 e. The first kappa shape index (κ1) is 16.5. The van der Waals surface area contributed by atoms with Crippen LogP contribution in [0, 0.1) is 0 Å². The fraction of sp³-hybridized carbons (Fsp3) is 1.00. The summed E-state index contributed by atoms with van der Waals surface area (Å²) in [6.07, 6.45) is 16.2. The SMILES string of the molecule is ClC1(/N=N/C2(Cl)CCCCCCC2)CCCCCCC1. The van der Waals surface area contributed by atoms with Crippen molar-refractivity contribution in [3.63, 3.8) is 0 Å². The van der Waals surface area contributed by atoms with Crippen LogP contribution >= 0.6 is 23.2 Å². The maximum absolute atomic E-state index is 6.69. The van der Waals surface area contributed by atoms with Crippen LogP contribution in [0.25, 0.3) is 0 Å². The molecule has 0 aromatic rings. The molecule has 0 amide bonds. The van der Waals surface area contributed by atoms with Gasteiger partial charge in [0.2, 0.25) is 0 Å². The van der Waals surface area contributed by atoms with Gasteiger partial charge in [-0.2, -0.15) is 10.2 Å². The van der Waals surface area contributed by atoms with Crippen molar-refractivity contribution < 1.29 is 0 Å². The normalized spacial score (nSPS) is 28.3. The topological polar surface area (TPSA) is 24.7 Å². The summed E-state index contributed by atoms with van der Waals surface area (Å²) >= 11 is 13.4. The molecule has 2 nitrogen and oxygen atoms in total. The van der Waals surface area contributed by atoms with Crippen LogP contribution in [-0.2, 0) is 0 Å². The zero-order valence-electron chi connectivity index (χ0n) is 12.5. The predicted molar refractivity (Wildman–Crippen MR) is 86.7 cm³/mol. The van der Waals surface area contributed by atoms with Gasteiger partial charge in [0, 0.05) is 0 Å². The minimum atomic E-state index is -0.481.